The molecule has 1 aromatic rings. The van der Waals surface area contributed by atoms with Crippen molar-refractivity contribution in [3.05, 3.63) is 29.8 Å². The molecular weight excluding hydrogens is 384 g/mol. The fraction of sp³-hybridized carbons (Fsp3) is 0.591. The molecule has 8 nitrogen and oxygen atoms in total. The standard InChI is InChI=1S/C22H30N4O4/c1-15(26-19(28)21(2,3)23-20(26)29)18(27)25-13-16-7-5-6-8-17(16)30-22(14-25)9-11-24(4)12-10-22/h5-8,15H,9-14H2,1-4H3,(H,23,29). The highest BCUT2D eigenvalue weighted by Crippen LogP contribution is 2.36. The van der Waals surface area contributed by atoms with E-state index in [1.807, 2.05) is 24.3 Å². The molecule has 4 amide bonds. The summed E-state index contributed by atoms with van der Waals surface area (Å²) in [4.78, 5) is 43.7. The third-order valence-electron chi connectivity index (χ3n) is 6.49. The first kappa shape index (κ1) is 20.7. The van der Waals surface area contributed by atoms with Crippen LogP contribution < -0.4 is 10.1 Å². The molecule has 1 aromatic carbocycles. The van der Waals surface area contributed by atoms with Gasteiger partial charge in [0.05, 0.1) is 6.54 Å². The number of carbonyl (C=O) groups excluding carboxylic acids is 3. The predicted octanol–water partition coefficient (Wildman–Crippen LogP) is 1.59. The Balaban J connectivity index is 1.63. The van der Waals surface area contributed by atoms with Crippen molar-refractivity contribution in [2.24, 2.45) is 0 Å². The molecule has 3 heterocycles. The highest BCUT2D eigenvalue weighted by Gasteiger charge is 2.49. The Morgan fingerprint density at radius 2 is 1.83 bits per heavy atom. The molecule has 30 heavy (non-hydrogen) atoms. The van der Waals surface area contributed by atoms with Gasteiger partial charge in [-0.1, -0.05) is 18.2 Å². The summed E-state index contributed by atoms with van der Waals surface area (Å²) in [6.45, 7) is 7.53. The highest BCUT2D eigenvalue weighted by molar-refractivity contribution is 6.09. The number of hydrogen-bond acceptors (Lipinski definition) is 5. The minimum Gasteiger partial charge on any atom is -0.485 e. The summed E-state index contributed by atoms with van der Waals surface area (Å²) in [5.41, 5.74) is -0.535. The van der Waals surface area contributed by atoms with Crippen LogP contribution >= 0.6 is 0 Å². The molecule has 1 spiro atoms. The fourth-order valence-electron chi connectivity index (χ4n) is 4.55. The maximum Gasteiger partial charge on any atom is 0.325 e. The van der Waals surface area contributed by atoms with E-state index in [1.54, 1.807) is 25.7 Å². The number of rotatable bonds is 2. The molecule has 0 aliphatic carbocycles. The van der Waals surface area contributed by atoms with Gasteiger partial charge in [0, 0.05) is 38.0 Å². The first-order valence-corrected chi connectivity index (χ1v) is 10.5. The molecule has 4 rings (SSSR count). The van der Waals surface area contributed by atoms with E-state index < -0.39 is 23.2 Å². The zero-order valence-electron chi connectivity index (χ0n) is 18.1. The fourth-order valence-corrected chi connectivity index (χ4v) is 4.55. The number of likely N-dealkylation sites (tertiary alicyclic amines) is 1. The van der Waals surface area contributed by atoms with Crippen LogP contribution in [0.1, 0.15) is 39.2 Å². The third-order valence-corrected chi connectivity index (χ3v) is 6.49. The third kappa shape index (κ3) is 3.53. The largest absolute Gasteiger partial charge is 0.485 e. The van der Waals surface area contributed by atoms with E-state index in [9.17, 15) is 14.4 Å². The van der Waals surface area contributed by atoms with Gasteiger partial charge in [-0.2, -0.15) is 0 Å². The Kier molecular flexibility index (Phi) is 5.00. The average Bonchev–Trinajstić information content (AvgIpc) is 2.82. The van der Waals surface area contributed by atoms with Gasteiger partial charge in [-0.05, 0) is 33.9 Å². The number of urea groups is 1. The molecule has 2 fully saturated rings. The highest BCUT2D eigenvalue weighted by atomic mass is 16.5. The quantitative estimate of drug-likeness (QED) is 0.744. The molecule has 0 bridgehead atoms. The Hall–Kier alpha value is -2.61. The van der Waals surface area contributed by atoms with E-state index in [4.69, 9.17) is 4.74 Å². The summed E-state index contributed by atoms with van der Waals surface area (Å²) in [5, 5.41) is 2.66. The summed E-state index contributed by atoms with van der Waals surface area (Å²) in [7, 11) is 2.09. The number of carbonyl (C=O) groups is 3. The van der Waals surface area contributed by atoms with Crippen molar-refractivity contribution >= 4 is 17.8 Å². The van der Waals surface area contributed by atoms with E-state index >= 15 is 0 Å². The van der Waals surface area contributed by atoms with Gasteiger partial charge in [0.15, 0.2) is 0 Å². The van der Waals surface area contributed by atoms with E-state index in [0.29, 0.717) is 13.1 Å². The second kappa shape index (κ2) is 7.27. The zero-order valence-corrected chi connectivity index (χ0v) is 18.1. The van der Waals surface area contributed by atoms with Crippen LogP contribution in [0.3, 0.4) is 0 Å². The second-order valence-electron chi connectivity index (χ2n) is 9.30. The normalized spacial score (nSPS) is 24.1. The van der Waals surface area contributed by atoms with Crippen molar-refractivity contribution in [1.29, 1.82) is 0 Å². The molecule has 3 aliphatic heterocycles. The monoisotopic (exact) mass is 414 g/mol. The Bertz CT molecular complexity index is 876. The summed E-state index contributed by atoms with van der Waals surface area (Å²) in [5.74, 6) is 0.185. The number of amides is 4. The Labute approximate surface area is 177 Å². The molecular formula is C22H30N4O4. The van der Waals surface area contributed by atoms with Gasteiger partial charge in [-0.15, -0.1) is 0 Å². The van der Waals surface area contributed by atoms with E-state index in [-0.39, 0.29) is 11.8 Å². The van der Waals surface area contributed by atoms with Crippen LogP contribution in [-0.4, -0.2) is 76.4 Å². The second-order valence-corrected chi connectivity index (χ2v) is 9.30. The van der Waals surface area contributed by atoms with Crippen LogP contribution in [0.15, 0.2) is 24.3 Å². The van der Waals surface area contributed by atoms with Crippen molar-refractivity contribution in [2.75, 3.05) is 26.7 Å². The molecule has 2 saturated heterocycles. The van der Waals surface area contributed by atoms with E-state index in [1.165, 1.54) is 0 Å². The molecule has 0 radical (unpaired) electrons. The molecule has 0 saturated carbocycles. The van der Waals surface area contributed by atoms with Crippen LogP contribution in [0.5, 0.6) is 5.75 Å². The Morgan fingerprint density at radius 3 is 2.47 bits per heavy atom. The minimum absolute atomic E-state index is 0.241. The number of nitrogens with one attached hydrogen (secondary N) is 1. The number of hydrogen-bond donors (Lipinski definition) is 1. The number of piperidine rings is 1. The average molecular weight is 415 g/mol. The Morgan fingerprint density at radius 1 is 1.17 bits per heavy atom. The lowest BCUT2D eigenvalue weighted by Crippen LogP contribution is -2.56. The SMILES string of the molecule is CC(C(=O)N1Cc2ccccc2OC2(CCN(C)CC2)C1)N1C(=O)NC(C)(C)C1=O. The van der Waals surface area contributed by atoms with Gasteiger partial charge >= 0.3 is 6.03 Å². The van der Waals surface area contributed by atoms with Crippen LogP contribution in [0, 0.1) is 0 Å². The van der Waals surface area contributed by atoms with Gasteiger partial charge in [-0.25, -0.2) is 9.69 Å². The molecule has 162 valence electrons. The smallest absolute Gasteiger partial charge is 0.325 e. The lowest BCUT2D eigenvalue weighted by Gasteiger charge is -2.42. The van der Waals surface area contributed by atoms with Crippen molar-refractivity contribution in [2.45, 2.75) is 57.3 Å². The number of para-hydroxylation sites is 1. The number of benzene rings is 1. The topological polar surface area (TPSA) is 82.2 Å². The van der Waals surface area contributed by atoms with Crippen LogP contribution in [0.2, 0.25) is 0 Å². The minimum atomic E-state index is -1.00. The molecule has 8 heteroatoms. The lowest BCUT2D eigenvalue weighted by atomic mass is 9.90. The predicted molar refractivity (Wildman–Crippen MR) is 111 cm³/mol. The number of imide groups is 1. The van der Waals surface area contributed by atoms with E-state index in [2.05, 4.69) is 17.3 Å². The van der Waals surface area contributed by atoms with Gasteiger partial charge in [-0.3, -0.25) is 9.59 Å². The molecule has 0 aromatic heterocycles. The summed E-state index contributed by atoms with van der Waals surface area (Å²) < 4.78 is 6.51. The number of ether oxygens (including phenoxy) is 1. The molecule has 1 atom stereocenters. The maximum absolute atomic E-state index is 13.5. The number of nitrogens with zero attached hydrogens (tertiary/aromatic N) is 3. The van der Waals surface area contributed by atoms with Crippen LogP contribution in [0.25, 0.3) is 0 Å². The zero-order chi connectivity index (χ0) is 21.7. The molecule has 1 N–H and O–H groups in total. The van der Waals surface area contributed by atoms with Crippen LogP contribution in [0.4, 0.5) is 4.79 Å². The van der Waals surface area contributed by atoms with Crippen LogP contribution in [-0.2, 0) is 16.1 Å². The first-order valence-electron chi connectivity index (χ1n) is 10.5. The van der Waals surface area contributed by atoms with Crippen molar-refractivity contribution in [3.8, 4) is 5.75 Å². The summed E-state index contributed by atoms with van der Waals surface area (Å²) >= 11 is 0. The van der Waals surface area contributed by atoms with Gasteiger partial charge in [0.2, 0.25) is 5.91 Å². The summed E-state index contributed by atoms with van der Waals surface area (Å²) in [6.07, 6.45) is 1.62. The van der Waals surface area contributed by atoms with Crippen molar-refractivity contribution in [3.63, 3.8) is 0 Å². The van der Waals surface area contributed by atoms with Gasteiger partial charge < -0.3 is 19.9 Å². The maximum atomic E-state index is 13.5. The lowest BCUT2D eigenvalue weighted by molar-refractivity contribution is -0.145. The molecule has 1 unspecified atom stereocenters. The molecule has 3 aliphatic rings. The summed E-state index contributed by atoms with van der Waals surface area (Å²) in [6, 6.07) is 6.38. The van der Waals surface area contributed by atoms with E-state index in [0.717, 1.165) is 42.1 Å². The first-order chi connectivity index (χ1) is 14.1. The van der Waals surface area contributed by atoms with Crippen molar-refractivity contribution in [1.82, 2.24) is 20.0 Å². The van der Waals surface area contributed by atoms with Gasteiger partial charge in [0.25, 0.3) is 5.91 Å². The number of fused-ring (bicyclic) bond motifs is 1. The van der Waals surface area contributed by atoms with Crippen molar-refractivity contribution < 1.29 is 19.1 Å². The van der Waals surface area contributed by atoms with Gasteiger partial charge in [0.1, 0.15) is 22.9 Å².